The van der Waals surface area contributed by atoms with Gasteiger partial charge in [-0.3, -0.25) is 0 Å². The monoisotopic (exact) mass is 413 g/mol. The van der Waals surface area contributed by atoms with Crippen molar-refractivity contribution < 1.29 is 0 Å². The van der Waals surface area contributed by atoms with Crippen molar-refractivity contribution in [2.75, 3.05) is 5.32 Å². The Labute approximate surface area is 149 Å². The molecule has 0 fully saturated rings. The number of anilines is 1. The zero-order valence-electron chi connectivity index (χ0n) is 13.3. The van der Waals surface area contributed by atoms with Gasteiger partial charge in [-0.25, -0.2) is 9.98 Å². The van der Waals surface area contributed by atoms with Crippen molar-refractivity contribution in [3.05, 3.63) is 47.5 Å². The van der Waals surface area contributed by atoms with E-state index in [1.54, 1.807) is 12.5 Å². The second-order valence-corrected chi connectivity index (χ2v) is 4.98. The van der Waals surface area contributed by atoms with Crippen LogP contribution < -0.4 is 11.1 Å². The minimum atomic E-state index is 0. The lowest BCUT2D eigenvalue weighted by atomic mass is 10.0. The molecule has 0 unspecified atom stereocenters. The van der Waals surface area contributed by atoms with Gasteiger partial charge in [-0.15, -0.1) is 24.0 Å². The number of para-hydroxylation sites is 1. The Hall–Kier alpha value is -1.57. The average Bonchev–Trinajstić information content (AvgIpc) is 2.90. The molecule has 0 bridgehead atoms. The van der Waals surface area contributed by atoms with Crippen LogP contribution in [0.2, 0.25) is 0 Å². The van der Waals surface area contributed by atoms with Crippen molar-refractivity contribution in [2.45, 2.75) is 33.2 Å². The molecular formula is C16H24IN5. The summed E-state index contributed by atoms with van der Waals surface area (Å²) in [6, 6.07) is 6.33. The maximum Gasteiger partial charge on any atom is 0.193 e. The first-order valence-corrected chi connectivity index (χ1v) is 7.28. The number of halogens is 1. The number of aryl methyl sites for hydroxylation is 3. The molecule has 0 radical (unpaired) electrons. The quantitative estimate of drug-likeness (QED) is 0.450. The lowest BCUT2D eigenvalue weighted by Gasteiger charge is -2.14. The van der Waals surface area contributed by atoms with E-state index in [4.69, 9.17) is 5.73 Å². The molecule has 0 spiro atoms. The van der Waals surface area contributed by atoms with E-state index < -0.39 is 0 Å². The van der Waals surface area contributed by atoms with E-state index in [2.05, 4.69) is 47.3 Å². The zero-order valence-corrected chi connectivity index (χ0v) is 15.7. The fourth-order valence-corrected chi connectivity index (χ4v) is 2.27. The van der Waals surface area contributed by atoms with Crippen LogP contribution in [-0.2, 0) is 26.4 Å². The Balaban J connectivity index is 0.00000242. The van der Waals surface area contributed by atoms with E-state index in [1.165, 1.54) is 11.1 Å². The van der Waals surface area contributed by atoms with E-state index in [9.17, 15) is 0 Å². The van der Waals surface area contributed by atoms with Crippen LogP contribution >= 0.6 is 24.0 Å². The molecule has 120 valence electrons. The first kappa shape index (κ1) is 18.5. The molecule has 0 atom stereocenters. The number of aromatic nitrogens is 2. The van der Waals surface area contributed by atoms with E-state index >= 15 is 0 Å². The van der Waals surface area contributed by atoms with Crippen LogP contribution in [-0.4, -0.2) is 15.5 Å². The standard InChI is InChI=1S/C16H23N5.HI/c1-4-12-7-6-8-13(5-2)15(12)20-16(17)19-10-14-9-18-11-21(14)3;/h6-9,11H,4-5,10H2,1-3H3,(H3,17,19,20);1H. The molecule has 0 saturated heterocycles. The van der Waals surface area contributed by atoms with Crippen molar-refractivity contribution in [3.63, 3.8) is 0 Å². The summed E-state index contributed by atoms with van der Waals surface area (Å²) in [5, 5.41) is 3.26. The number of hydrogen-bond acceptors (Lipinski definition) is 2. The lowest BCUT2D eigenvalue weighted by Crippen LogP contribution is -2.24. The Bertz CT molecular complexity index is 611. The molecule has 22 heavy (non-hydrogen) atoms. The summed E-state index contributed by atoms with van der Waals surface area (Å²) in [6.07, 6.45) is 5.49. The number of benzene rings is 1. The predicted molar refractivity (Wildman–Crippen MR) is 103 cm³/mol. The molecule has 2 rings (SSSR count). The number of rotatable bonds is 5. The van der Waals surface area contributed by atoms with Gasteiger partial charge in [-0.2, -0.15) is 0 Å². The average molecular weight is 413 g/mol. The molecule has 2 aromatic rings. The number of aliphatic imine (C=N–C) groups is 1. The fraction of sp³-hybridized carbons (Fsp3) is 0.375. The smallest absolute Gasteiger partial charge is 0.193 e. The van der Waals surface area contributed by atoms with Crippen LogP contribution in [0.25, 0.3) is 0 Å². The third-order valence-electron chi connectivity index (χ3n) is 3.58. The first-order valence-electron chi connectivity index (χ1n) is 7.28. The largest absolute Gasteiger partial charge is 0.370 e. The van der Waals surface area contributed by atoms with Gasteiger partial charge in [0.25, 0.3) is 0 Å². The molecule has 1 heterocycles. The van der Waals surface area contributed by atoms with Crippen LogP contribution in [0.1, 0.15) is 30.7 Å². The van der Waals surface area contributed by atoms with Crippen LogP contribution in [0.5, 0.6) is 0 Å². The van der Waals surface area contributed by atoms with Gasteiger partial charge in [-0.1, -0.05) is 32.0 Å². The molecule has 5 nitrogen and oxygen atoms in total. The van der Waals surface area contributed by atoms with Gasteiger partial charge in [0.05, 0.1) is 24.8 Å². The Morgan fingerprint density at radius 3 is 2.41 bits per heavy atom. The number of guanidine groups is 1. The Morgan fingerprint density at radius 1 is 1.27 bits per heavy atom. The topological polar surface area (TPSA) is 68.2 Å². The third kappa shape index (κ3) is 4.46. The summed E-state index contributed by atoms with van der Waals surface area (Å²) < 4.78 is 1.94. The highest BCUT2D eigenvalue weighted by Gasteiger charge is 2.07. The summed E-state index contributed by atoms with van der Waals surface area (Å²) in [5.74, 6) is 0.437. The first-order chi connectivity index (χ1) is 10.2. The summed E-state index contributed by atoms with van der Waals surface area (Å²) in [4.78, 5) is 8.47. The van der Waals surface area contributed by atoms with Crippen molar-refractivity contribution in [1.82, 2.24) is 9.55 Å². The minimum Gasteiger partial charge on any atom is -0.370 e. The van der Waals surface area contributed by atoms with Gasteiger partial charge in [0, 0.05) is 12.7 Å². The molecule has 0 aliphatic rings. The summed E-state index contributed by atoms with van der Waals surface area (Å²) in [6.45, 7) is 4.80. The molecular weight excluding hydrogens is 389 g/mol. The highest BCUT2D eigenvalue weighted by Crippen LogP contribution is 2.22. The van der Waals surface area contributed by atoms with Gasteiger partial charge < -0.3 is 15.6 Å². The summed E-state index contributed by atoms with van der Waals surface area (Å²) in [7, 11) is 1.95. The summed E-state index contributed by atoms with van der Waals surface area (Å²) >= 11 is 0. The van der Waals surface area contributed by atoms with E-state index in [0.717, 1.165) is 24.2 Å². The van der Waals surface area contributed by atoms with Crippen LogP contribution in [0.4, 0.5) is 5.69 Å². The maximum atomic E-state index is 6.03. The van der Waals surface area contributed by atoms with Crippen molar-refractivity contribution in [2.24, 2.45) is 17.8 Å². The molecule has 6 heteroatoms. The summed E-state index contributed by atoms with van der Waals surface area (Å²) in [5.41, 5.74) is 10.7. The Kier molecular flexibility index (Phi) is 7.37. The lowest BCUT2D eigenvalue weighted by molar-refractivity contribution is 0.820. The number of hydrogen-bond donors (Lipinski definition) is 2. The van der Waals surface area contributed by atoms with Crippen molar-refractivity contribution in [3.8, 4) is 0 Å². The van der Waals surface area contributed by atoms with Gasteiger partial charge in [0.2, 0.25) is 0 Å². The zero-order chi connectivity index (χ0) is 15.2. The maximum absolute atomic E-state index is 6.03. The highest BCUT2D eigenvalue weighted by atomic mass is 127. The van der Waals surface area contributed by atoms with E-state index in [-0.39, 0.29) is 24.0 Å². The normalized spacial score (nSPS) is 11.1. The van der Waals surface area contributed by atoms with Crippen LogP contribution in [0.3, 0.4) is 0 Å². The van der Waals surface area contributed by atoms with Gasteiger partial charge >= 0.3 is 0 Å². The minimum absolute atomic E-state index is 0. The fourth-order valence-electron chi connectivity index (χ4n) is 2.27. The predicted octanol–water partition coefficient (Wildman–Crippen LogP) is 3.09. The number of imidazole rings is 1. The molecule has 1 aromatic carbocycles. The molecule has 0 amide bonds. The number of nitrogens with one attached hydrogen (secondary N) is 1. The third-order valence-corrected chi connectivity index (χ3v) is 3.58. The molecule has 0 aliphatic carbocycles. The second kappa shape index (κ2) is 8.77. The molecule has 3 N–H and O–H groups in total. The van der Waals surface area contributed by atoms with Gasteiger partial charge in [-0.05, 0) is 24.0 Å². The van der Waals surface area contributed by atoms with Crippen molar-refractivity contribution in [1.29, 1.82) is 0 Å². The Morgan fingerprint density at radius 2 is 1.91 bits per heavy atom. The molecule has 1 aromatic heterocycles. The number of nitrogens with two attached hydrogens (primary N) is 1. The van der Waals surface area contributed by atoms with E-state index in [1.807, 2.05) is 11.6 Å². The highest BCUT2D eigenvalue weighted by molar-refractivity contribution is 14.0. The molecule has 0 saturated carbocycles. The number of nitrogens with zero attached hydrogens (tertiary/aromatic N) is 3. The van der Waals surface area contributed by atoms with Gasteiger partial charge in [0.15, 0.2) is 5.96 Å². The van der Waals surface area contributed by atoms with Crippen LogP contribution in [0.15, 0.2) is 35.7 Å². The van der Waals surface area contributed by atoms with Crippen LogP contribution in [0, 0.1) is 0 Å². The SMILES string of the molecule is CCc1cccc(CC)c1NC(N)=NCc1cncn1C.I. The second-order valence-electron chi connectivity index (χ2n) is 4.98. The van der Waals surface area contributed by atoms with Crippen molar-refractivity contribution >= 4 is 35.6 Å². The molecule has 0 aliphatic heterocycles. The van der Waals surface area contributed by atoms with Gasteiger partial charge in [0.1, 0.15) is 0 Å². The van der Waals surface area contributed by atoms with E-state index in [0.29, 0.717) is 12.5 Å².